The van der Waals surface area contributed by atoms with Gasteiger partial charge in [-0.15, -0.1) is 16.4 Å². The number of thiophene rings is 1. The highest BCUT2D eigenvalue weighted by Crippen LogP contribution is 2.23. The van der Waals surface area contributed by atoms with E-state index in [0.717, 1.165) is 24.2 Å². The molecule has 0 aliphatic heterocycles. The Kier molecular flexibility index (Phi) is 6.25. The molecule has 25 heavy (non-hydrogen) atoms. The van der Waals surface area contributed by atoms with Crippen LogP contribution in [-0.2, 0) is 17.8 Å². The molecule has 2 heterocycles. The van der Waals surface area contributed by atoms with E-state index in [0.29, 0.717) is 11.7 Å². The standard InChI is InChI=1S/C18H20N4OS2/c1-2-15(17(23)19-12-13-7-4-3-5-8-13)25-18-20-16(21-22-18)11-14-9-6-10-24-14/h3-10,15H,2,11-12H2,1H3,(H,19,23)(H,20,21,22). The van der Waals surface area contributed by atoms with Gasteiger partial charge in [-0.1, -0.05) is 55.1 Å². The summed E-state index contributed by atoms with van der Waals surface area (Å²) in [6.45, 7) is 2.54. The number of rotatable bonds is 8. The number of nitrogens with zero attached hydrogens (tertiary/aromatic N) is 2. The Balaban J connectivity index is 1.54. The molecule has 0 radical (unpaired) electrons. The van der Waals surface area contributed by atoms with Gasteiger partial charge in [0, 0.05) is 17.8 Å². The molecule has 3 rings (SSSR count). The van der Waals surface area contributed by atoms with E-state index in [1.165, 1.54) is 16.6 Å². The number of nitrogens with one attached hydrogen (secondary N) is 2. The highest BCUT2D eigenvalue weighted by Gasteiger charge is 2.20. The van der Waals surface area contributed by atoms with Gasteiger partial charge in [0.1, 0.15) is 5.82 Å². The molecular weight excluding hydrogens is 352 g/mol. The number of carbonyl (C=O) groups excluding carboxylic acids is 1. The van der Waals surface area contributed by atoms with E-state index in [9.17, 15) is 4.79 Å². The van der Waals surface area contributed by atoms with Crippen LogP contribution in [0.1, 0.15) is 29.6 Å². The maximum Gasteiger partial charge on any atom is 0.233 e. The quantitative estimate of drug-likeness (QED) is 0.592. The van der Waals surface area contributed by atoms with E-state index >= 15 is 0 Å². The summed E-state index contributed by atoms with van der Waals surface area (Å²) < 4.78 is 0. The maximum absolute atomic E-state index is 12.4. The first kappa shape index (κ1) is 17.7. The van der Waals surface area contributed by atoms with E-state index in [4.69, 9.17) is 0 Å². The molecule has 0 spiro atoms. The van der Waals surface area contributed by atoms with Crippen LogP contribution < -0.4 is 5.32 Å². The molecule has 0 aliphatic rings. The van der Waals surface area contributed by atoms with Crippen LogP contribution in [-0.4, -0.2) is 26.3 Å². The minimum Gasteiger partial charge on any atom is -0.351 e. The summed E-state index contributed by atoms with van der Waals surface area (Å²) in [6, 6.07) is 14.0. The predicted molar refractivity (Wildman–Crippen MR) is 102 cm³/mol. The second-order valence-electron chi connectivity index (χ2n) is 5.54. The van der Waals surface area contributed by atoms with E-state index in [-0.39, 0.29) is 11.2 Å². The first-order valence-corrected chi connectivity index (χ1v) is 9.92. The van der Waals surface area contributed by atoms with Gasteiger partial charge in [-0.25, -0.2) is 4.98 Å². The molecule has 0 aliphatic carbocycles. The van der Waals surface area contributed by atoms with Crippen LogP contribution in [0.4, 0.5) is 0 Å². The number of carbonyl (C=O) groups is 1. The molecule has 1 unspecified atom stereocenters. The topological polar surface area (TPSA) is 70.7 Å². The predicted octanol–water partition coefficient (Wildman–Crippen LogP) is 3.64. The van der Waals surface area contributed by atoms with Gasteiger partial charge in [0.15, 0.2) is 0 Å². The molecule has 0 fully saturated rings. The Morgan fingerprint density at radius 3 is 2.84 bits per heavy atom. The molecule has 0 bridgehead atoms. The van der Waals surface area contributed by atoms with Crippen molar-refractivity contribution >= 4 is 29.0 Å². The number of hydrogen-bond acceptors (Lipinski definition) is 5. The number of aromatic nitrogens is 3. The van der Waals surface area contributed by atoms with Gasteiger partial charge in [0.05, 0.1) is 5.25 Å². The lowest BCUT2D eigenvalue weighted by atomic mass is 10.2. The van der Waals surface area contributed by atoms with E-state index in [2.05, 4.69) is 26.6 Å². The molecule has 1 atom stereocenters. The molecule has 7 heteroatoms. The summed E-state index contributed by atoms with van der Waals surface area (Å²) in [5.74, 6) is 0.838. The maximum atomic E-state index is 12.4. The van der Waals surface area contributed by atoms with Gasteiger partial charge in [0.2, 0.25) is 11.1 Å². The zero-order valence-electron chi connectivity index (χ0n) is 13.9. The lowest BCUT2D eigenvalue weighted by Crippen LogP contribution is -2.31. The summed E-state index contributed by atoms with van der Waals surface area (Å²) in [5, 5.41) is 12.7. The van der Waals surface area contributed by atoms with Crippen molar-refractivity contribution in [1.82, 2.24) is 20.5 Å². The van der Waals surface area contributed by atoms with E-state index in [1.54, 1.807) is 11.3 Å². The first-order valence-electron chi connectivity index (χ1n) is 8.16. The second-order valence-corrected chi connectivity index (χ2v) is 7.74. The van der Waals surface area contributed by atoms with Crippen molar-refractivity contribution in [2.75, 3.05) is 0 Å². The fourth-order valence-electron chi connectivity index (χ4n) is 2.34. The van der Waals surface area contributed by atoms with Gasteiger partial charge >= 0.3 is 0 Å². The van der Waals surface area contributed by atoms with Crippen molar-refractivity contribution in [3.63, 3.8) is 0 Å². The third-order valence-electron chi connectivity index (χ3n) is 3.65. The third kappa shape index (κ3) is 5.17. The van der Waals surface area contributed by atoms with Crippen LogP contribution in [0.5, 0.6) is 0 Å². The summed E-state index contributed by atoms with van der Waals surface area (Å²) >= 11 is 3.10. The van der Waals surface area contributed by atoms with Crippen molar-refractivity contribution in [2.45, 2.75) is 36.7 Å². The Morgan fingerprint density at radius 2 is 2.12 bits per heavy atom. The molecule has 1 amide bonds. The smallest absolute Gasteiger partial charge is 0.233 e. The van der Waals surface area contributed by atoms with Crippen LogP contribution in [0, 0.1) is 0 Å². The molecular formula is C18H20N4OS2. The highest BCUT2D eigenvalue weighted by molar-refractivity contribution is 8.00. The highest BCUT2D eigenvalue weighted by atomic mass is 32.2. The van der Waals surface area contributed by atoms with Crippen LogP contribution in [0.15, 0.2) is 53.0 Å². The van der Waals surface area contributed by atoms with Crippen LogP contribution in [0.3, 0.4) is 0 Å². The van der Waals surface area contributed by atoms with Crippen molar-refractivity contribution in [3.05, 3.63) is 64.1 Å². The summed E-state index contributed by atoms with van der Waals surface area (Å²) in [7, 11) is 0. The molecule has 3 aromatic rings. The van der Waals surface area contributed by atoms with E-state index in [1.807, 2.05) is 48.7 Å². The average Bonchev–Trinajstić information content (AvgIpc) is 3.31. The number of amides is 1. The van der Waals surface area contributed by atoms with Crippen LogP contribution in [0.2, 0.25) is 0 Å². The van der Waals surface area contributed by atoms with Crippen LogP contribution in [0.25, 0.3) is 0 Å². The Bertz CT molecular complexity index is 787. The minimum atomic E-state index is -0.200. The van der Waals surface area contributed by atoms with Gasteiger partial charge in [-0.3, -0.25) is 9.89 Å². The van der Waals surface area contributed by atoms with Gasteiger partial charge in [-0.2, -0.15) is 0 Å². The largest absolute Gasteiger partial charge is 0.351 e. The summed E-state index contributed by atoms with van der Waals surface area (Å²) in [6.07, 6.45) is 1.46. The Labute approximate surface area is 155 Å². The normalized spacial score (nSPS) is 12.0. The number of aromatic amines is 1. The van der Waals surface area contributed by atoms with Crippen molar-refractivity contribution in [2.24, 2.45) is 0 Å². The summed E-state index contributed by atoms with van der Waals surface area (Å²) in [4.78, 5) is 18.2. The molecule has 2 N–H and O–H groups in total. The molecule has 0 saturated carbocycles. The minimum absolute atomic E-state index is 0.0148. The lowest BCUT2D eigenvalue weighted by Gasteiger charge is -2.12. The monoisotopic (exact) mass is 372 g/mol. The lowest BCUT2D eigenvalue weighted by molar-refractivity contribution is -0.120. The average molecular weight is 373 g/mol. The van der Waals surface area contributed by atoms with E-state index < -0.39 is 0 Å². The Hall–Kier alpha value is -2.12. The SMILES string of the molecule is CCC(Sc1n[nH]c(Cc2cccs2)n1)C(=O)NCc1ccccc1. The second kappa shape index (κ2) is 8.82. The number of H-pyrrole nitrogens is 1. The fourth-order valence-corrected chi connectivity index (χ4v) is 3.92. The van der Waals surface area contributed by atoms with Crippen LogP contribution >= 0.6 is 23.1 Å². The molecule has 0 saturated heterocycles. The first-order chi connectivity index (χ1) is 12.2. The van der Waals surface area contributed by atoms with Crippen molar-refractivity contribution in [3.8, 4) is 0 Å². The van der Waals surface area contributed by atoms with Gasteiger partial charge in [0.25, 0.3) is 0 Å². The Morgan fingerprint density at radius 1 is 1.28 bits per heavy atom. The number of benzene rings is 1. The molecule has 2 aromatic heterocycles. The van der Waals surface area contributed by atoms with Crippen molar-refractivity contribution < 1.29 is 4.79 Å². The number of hydrogen-bond donors (Lipinski definition) is 2. The van der Waals surface area contributed by atoms with Crippen molar-refractivity contribution in [1.29, 1.82) is 0 Å². The zero-order valence-corrected chi connectivity index (χ0v) is 15.6. The molecule has 130 valence electrons. The molecule has 1 aromatic carbocycles. The zero-order chi connectivity index (χ0) is 17.5. The van der Waals surface area contributed by atoms with Gasteiger partial charge in [-0.05, 0) is 23.4 Å². The third-order valence-corrected chi connectivity index (χ3v) is 5.76. The molecule has 5 nitrogen and oxygen atoms in total. The summed E-state index contributed by atoms with van der Waals surface area (Å²) in [5.41, 5.74) is 1.09. The number of thioether (sulfide) groups is 1. The fraction of sp³-hybridized carbons (Fsp3) is 0.278. The van der Waals surface area contributed by atoms with Gasteiger partial charge < -0.3 is 5.32 Å².